The summed E-state index contributed by atoms with van der Waals surface area (Å²) in [6.07, 6.45) is 1.74. The average molecular weight is 466 g/mol. The van der Waals surface area contributed by atoms with Gasteiger partial charge in [0.15, 0.2) is 11.5 Å². The van der Waals surface area contributed by atoms with E-state index < -0.39 is 5.72 Å². The molecule has 0 saturated carbocycles. The first-order valence-electron chi connectivity index (χ1n) is 12.5. The number of benzene rings is 3. The number of aromatic nitrogens is 2. The molecular formula is C29H27N3O3. The van der Waals surface area contributed by atoms with Crippen LogP contribution in [0.3, 0.4) is 0 Å². The van der Waals surface area contributed by atoms with E-state index in [0.29, 0.717) is 6.42 Å². The van der Waals surface area contributed by atoms with Crippen molar-refractivity contribution >= 4 is 49.4 Å². The number of nitrogens with zero attached hydrogens (tertiary/aromatic N) is 2. The number of fused-ring (bicyclic) bond motifs is 13. The van der Waals surface area contributed by atoms with Crippen LogP contribution in [0, 0.1) is 0 Å². The molecule has 0 spiro atoms. The van der Waals surface area contributed by atoms with Crippen molar-refractivity contribution in [3.63, 3.8) is 0 Å². The highest BCUT2D eigenvalue weighted by atomic mass is 16.6. The van der Waals surface area contributed by atoms with E-state index in [2.05, 4.69) is 69.9 Å². The summed E-state index contributed by atoms with van der Waals surface area (Å²) in [7, 11) is 3.79. The fourth-order valence-electron chi connectivity index (χ4n) is 7.57. The van der Waals surface area contributed by atoms with Crippen LogP contribution in [-0.2, 0) is 21.6 Å². The van der Waals surface area contributed by atoms with Crippen LogP contribution in [0.2, 0.25) is 0 Å². The number of carbonyl (C=O) groups excluding carboxylic acids is 1. The van der Waals surface area contributed by atoms with E-state index >= 15 is 0 Å². The van der Waals surface area contributed by atoms with Gasteiger partial charge in [0.1, 0.15) is 12.3 Å². The molecule has 3 aromatic carbocycles. The molecule has 5 aromatic rings. The van der Waals surface area contributed by atoms with Gasteiger partial charge in [-0.05, 0) is 38.1 Å². The molecule has 2 aliphatic heterocycles. The summed E-state index contributed by atoms with van der Waals surface area (Å²) in [5, 5.41) is 8.12. The molecule has 35 heavy (non-hydrogen) atoms. The Balaban J connectivity index is 1.72. The Bertz CT molecular complexity index is 1740. The number of hydrogen-bond acceptors (Lipinski definition) is 4. The summed E-state index contributed by atoms with van der Waals surface area (Å²) in [4.78, 5) is 13.4. The molecule has 0 unspecified atom stereocenters. The minimum Gasteiger partial charge on any atom is -0.375 e. The lowest BCUT2D eigenvalue weighted by Gasteiger charge is -2.48. The Hall–Kier alpha value is -3.19. The number of aryl methyl sites for hydroxylation is 1. The van der Waals surface area contributed by atoms with Crippen molar-refractivity contribution in [1.82, 2.24) is 14.5 Å². The third-order valence-corrected chi connectivity index (χ3v) is 8.82. The van der Waals surface area contributed by atoms with Gasteiger partial charge in [-0.2, -0.15) is 0 Å². The molecule has 1 N–H and O–H groups in total. The van der Waals surface area contributed by atoms with E-state index in [0.717, 1.165) is 51.2 Å². The van der Waals surface area contributed by atoms with Gasteiger partial charge in [0.2, 0.25) is 0 Å². The van der Waals surface area contributed by atoms with Crippen LogP contribution in [0.15, 0.2) is 48.5 Å². The molecule has 6 heteroatoms. The van der Waals surface area contributed by atoms with Crippen LogP contribution < -0.4 is 5.32 Å². The van der Waals surface area contributed by atoms with Crippen molar-refractivity contribution in [2.45, 2.75) is 50.3 Å². The monoisotopic (exact) mass is 465 g/mol. The van der Waals surface area contributed by atoms with E-state index in [1.165, 1.54) is 16.3 Å². The lowest BCUT2D eigenvalue weighted by atomic mass is 9.93. The number of ether oxygens (including phenoxy) is 2. The first-order chi connectivity index (χ1) is 17.1. The smallest absolute Gasteiger partial charge is 0.173 e. The van der Waals surface area contributed by atoms with Gasteiger partial charge in [0, 0.05) is 53.1 Å². The largest absolute Gasteiger partial charge is 0.375 e. The molecule has 2 aromatic heterocycles. The van der Waals surface area contributed by atoms with Crippen LogP contribution >= 0.6 is 0 Å². The van der Waals surface area contributed by atoms with Gasteiger partial charge >= 0.3 is 0 Å². The summed E-state index contributed by atoms with van der Waals surface area (Å²) in [6.45, 7) is 2.17. The third kappa shape index (κ3) is 2.16. The van der Waals surface area contributed by atoms with Crippen LogP contribution in [0.4, 0.5) is 0 Å². The average Bonchev–Trinajstić information content (AvgIpc) is 3.51. The Morgan fingerprint density at radius 3 is 2.46 bits per heavy atom. The minimum atomic E-state index is -0.739. The third-order valence-electron chi connectivity index (χ3n) is 8.82. The molecule has 6 nitrogen and oxygen atoms in total. The van der Waals surface area contributed by atoms with Crippen molar-refractivity contribution in [2.24, 2.45) is 0 Å². The number of methoxy groups -OCH3 is 1. The lowest BCUT2D eigenvalue weighted by Crippen LogP contribution is -2.59. The number of likely N-dealkylation sites (N-methyl/N-ethyl adjacent to an activating group) is 1. The summed E-state index contributed by atoms with van der Waals surface area (Å²) in [6, 6.07) is 17.2. The van der Waals surface area contributed by atoms with Gasteiger partial charge in [-0.25, -0.2) is 0 Å². The first kappa shape index (κ1) is 20.0. The maximum Gasteiger partial charge on any atom is 0.173 e. The highest BCUT2D eigenvalue weighted by Gasteiger charge is 2.53. The SMILES string of the molecule is CN[C@@H]1C[C@H]2O[C@@](C)([C@@H]1OC)n1c3ccccc3c3c4c(c5c6ccccc6n2c5c31)C(=O)CC4. The van der Waals surface area contributed by atoms with Gasteiger partial charge < -0.3 is 23.9 Å². The number of ketones is 1. The molecule has 4 atom stereocenters. The molecule has 8 rings (SSSR count). The summed E-state index contributed by atoms with van der Waals surface area (Å²) in [5.41, 5.74) is 5.89. The Labute approximate surface area is 202 Å². The predicted molar refractivity (Wildman–Crippen MR) is 137 cm³/mol. The van der Waals surface area contributed by atoms with E-state index in [9.17, 15) is 4.79 Å². The Morgan fingerprint density at radius 1 is 1.00 bits per heavy atom. The molecule has 1 saturated heterocycles. The van der Waals surface area contributed by atoms with E-state index in [1.807, 2.05) is 7.05 Å². The van der Waals surface area contributed by atoms with Crippen molar-refractivity contribution < 1.29 is 14.3 Å². The van der Waals surface area contributed by atoms with Crippen molar-refractivity contribution in [1.29, 1.82) is 0 Å². The van der Waals surface area contributed by atoms with E-state index in [4.69, 9.17) is 9.47 Å². The molecule has 0 radical (unpaired) electrons. The van der Waals surface area contributed by atoms with Crippen LogP contribution in [-0.4, -0.2) is 41.2 Å². The standard InChI is InChI=1S/C29H27N3O3/c1-29-28(34-3)18(30-2)14-22(35-29)31-19-10-6-4-8-15(19)25-24-17(12-13-21(24)33)23-16-9-5-7-11-20(16)32(29)27(23)26(25)31/h4-11,18,22,28,30H,12-14H2,1-3H3/t18-,22-,28-,29+/m1/s1. The summed E-state index contributed by atoms with van der Waals surface area (Å²) < 4.78 is 18.0. The number of carbonyl (C=O) groups is 1. The number of Topliss-reactive ketones (excluding diaryl/α,β-unsaturated/α-hetero) is 1. The zero-order chi connectivity index (χ0) is 23.6. The zero-order valence-corrected chi connectivity index (χ0v) is 20.1. The zero-order valence-electron chi connectivity index (χ0n) is 20.1. The molecule has 176 valence electrons. The van der Waals surface area contributed by atoms with E-state index in [-0.39, 0.29) is 24.2 Å². The number of hydrogen-bond donors (Lipinski definition) is 1. The molecule has 0 amide bonds. The fraction of sp³-hybridized carbons (Fsp3) is 0.345. The van der Waals surface area contributed by atoms with Crippen LogP contribution in [0.1, 0.15) is 41.9 Å². The van der Waals surface area contributed by atoms with Gasteiger partial charge in [0.05, 0.1) is 22.1 Å². The van der Waals surface area contributed by atoms with Crippen molar-refractivity contribution in [2.75, 3.05) is 14.2 Å². The number of rotatable bonds is 2. The fourth-order valence-corrected chi connectivity index (χ4v) is 7.57. The van der Waals surface area contributed by atoms with Gasteiger partial charge in [-0.15, -0.1) is 0 Å². The maximum atomic E-state index is 13.4. The summed E-state index contributed by atoms with van der Waals surface area (Å²) >= 11 is 0. The second-order valence-electron chi connectivity index (χ2n) is 10.4. The minimum absolute atomic E-state index is 0.0963. The quantitative estimate of drug-likeness (QED) is 0.387. The second kappa shape index (κ2) is 6.52. The molecule has 1 aliphatic carbocycles. The summed E-state index contributed by atoms with van der Waals surface area (Å²) in [5.74, 6) is 0.254. The molecule has 3 aliphatic rings. The number of nitrogens with one attached hydrogen (secondary N) is 1. The second-order valence-corrected chi connectivity index (χ2v) is 10.4. The van der Waals surface area contributed by atoms with Crippen molar-refractivity contribution in [3.8, 4) is 0 Å². The van der Waals surface area contributed by atoms with Gasteiger partial charge in [0.25, 0.3) is 0 Å². The molecule has 2 bridgehead atoms. The van der Waals surface area contributed by atoms with Crippen LogP contribution in [0.25, 0.3) is 43.6 Å². The van der Waals surface area contributed by atoms with Crippen LogP contribution in [0.5, 0.6) is 0 Å². The predicted octanol–water partition coefficient (Wildman–Crippen LogP) is 5.24. The maximum absolute atomic E-state index is 13.4. The van der Waals surface area contributed by atoms with Gasteiger partial charge in [-0.3, -0.25) is 4.79 Å². The Morgan fingerprint density at radius 2 is 1.71 bits per heavy atom. The highest BCUT2D eigenvalue weighted by molar-refractivity contribution is 6.31. The number of para-hydroxylation sites is 2. The molecule has 1 fully saturated rings. The molecular weight excluding hydrogens is 438 g/mol. The molecule has 4 heterocycles. The van der Waals surface area contributed by atoms with Gasteiger partial charge in [-0.1, -0.05) is 36.4 Å². The highest BCUT2D eigenvalue weighted by Crippen LogP contribution is 2.54. The van der Waals surface area contributed by atoms with Crippen molar-refractivity contribution in [3.05, 3.63) is 59.7 Å². The normalized spacial score (nSPS) is 27.5. The first-order valence-corrected chi connectivity index (χ1v) is 12.5. The topological polar surface area (TPSA) is 57.4 Å². The van der Waals surface area contributed by atoms with E-state index in [1.54, 1.807) is 7.11 Å². The Kier molecular flexibility index (Phi) is 3.73. The lowest BCUT2D eigenvalue weighted by molar-refractivity contribution is -0.256.